The van der Waals surface area contributed by atoms with Crippen LogP contribution >= 0.6 is 0 Å². The van der Waals surface area contributed by atoms with Crippen LogP contribution in [-0.2, 0) is 0 Å². The highest BCUT2D eigenvalue weighted by Crippen LogP contribution is 2.28. The first-order valence-electron chi connectivity index (χ1n) is 7.92. The van der Waals surface area contributed by atoms with Crippen molar-refractivity contribution in [1.82, 2.24) is 9.88 Å². The highest BCUT2D eigenvalue weighted by molar-refractivity contribution is 5.88. The summed E-state index contributed by atoms with van der Waals surface area (Å²) in [6.07, 6.45) is 0. The molecular formula is C18H22N4. The van der Waals surface area contributed by atoms with Gasteiger partial charge in [-0.25, -0.2) is 4.98 Å². The van der Waals surface area contributed by atoms with Gasteiger partial charge in [0, 0.05) is 31.6 Å². The minimum Gasteiger partial charge on any atom is -0.353 e. The van der Waals surface area contributed by atoms with Gasteiger partial charge in [0.2, 0.25) is 0 Å². The van der Waals surface area contributed by atoms with Gasteiger partial charge in [-0.2, -0.15) is 5.26 Å². The van der Waals surface area contributed by atoms with Crippen molar-refractivity contribution in [2.45, 2.75) is 20.8 Å². The molecule has 1 aliphatic heterocycles. The second-order valence-corrected chi connectivity index (χ2v) is 5.99. The van der Waals surface area contributed by atoms with Crippen LogP contribution in [0.2, 0.25) is 0 Å². The number of nitrogens with zero attached hydrogens (tertiary/aromatic N) is 4. The van der Waals surface area contributed by atoms with Crippen LogP contribution < -0.4 is 4.90 Å². The number of aryl methyl sites for hydroxylation is 2. The van der Waals surface area contributed by atoms with E-state index in [1.807, 2.05) is 6.07 Å². The van der Waals surface area contributed by atoms with Crippen molar-refractivity contribution in [3.8, 4) is 6.07 Å². The molecule has 1 aromatic carbocycles. The van der Waals surface area contributed by atoms with Crippen molar-refractivity contribution in [2.75, 3.05) is 37.6 Å². The summed E-state index contributed by atoms with van der Waals surface area (Å²) < 4.78 is 0. The molecule has 4 nitrogen and oxygen atoms in total. The number of fused-ring (bicyclic) bond motifs is 1. The van der Waals surface area contributed by atoms with Crippen LogP contribution in [0, 0.1) is 25.2 Å². The lowest BCUT2D eigenvalue weighted by atomic mass is 10.0. The molecule has 0 N–H and O–H groups in total. The number of hydrogen-bond acceptors (Lipinski definition) is 4. The van der Waals surface area contributed by atoms with Gasteiger partial charge in [-0.1, -0.05) is 19.1 Å². The van der Waals surface area contributed by atoms with E-state index >= 15 is 0 Å². The monoisotopic (exact) mass is 294 g/mol. The Balaban J connectivity index is 2.06. The molecule has 2 heterocycles. The molecule has 3 rings (SSSR count). The molecule has 0 atom stereocenters. The van der Waals surface area contributed by atoms with E-state index in [1.54, 1.807) is 0 Å². The largest absolute Gasteiger partial charge is 0.353 e. The molecule has 1 aliphatic rings. The van der Waals surface area contributed by atoms with Gasteiger partial charge < -0.3 is 9.80 Å². The Morgan fingerprint density at radius 1 is 1.14 bits per heavy atom. The predicted molar refractivity (Wildman–Crippen MR) is 90.3 cm³/mol. The second-order valence-electron chi connectivity index (χ2n) is 5.99. The van der Waals surface area contributed by atoms with Gasteiger partial charge >= 0.3 is 0 Å². The predicted octanol–water partition coefficient (Wildman–Crippen LogP) is 2.87. The summed E-state index contributed by atoms with van der Waals surface area (Å²) in [5.74, 6) is 0.847. The zero-order valence-corrected chi connectivity index (χ0v) is 13.6. The molecule has 1 fully saturated rings. The Labute approximate surface area is 132 Å². The zero-order chi connectivity index (χ0) is 15.7. The van der Waals surface area contributed by atoms with Gasteiger partial charge in [0.25, 0.3) is 0 Å². The van der Waals surface area contributed by atoms with Crippen LogP contribution in [0.5, 0.6) is 0 Å². The molecule has 0 radical (unpaired) electrons. The van der Waals surface area contributed by atoms with E-state index < -0.39 is 0 Å². The highest BCUT2D eigenvalue weighted by Gasteiger charge is 2.20. The average Bonchev–Trinajstić information content (AvgIpc) is 2.57. The van der Waals surface area contributed by atoms with E-state index in [1.165, 1.54) is 11.1 Å². The Hall–Kier alpha value is -2.12. The fourth-order valence-corrected chi connectivity index (χ4v) is 3.12. The number of anilines is 1. The molecule has 0 unspecified atom stereocenters. The van der Waals surface area contributed by atoms with Crippen molar-refractivity contribution in [3.05, 3.63) is 34.9 Å². The quantitative estimate of drug-likeness (QED) is 0.854. The summed E-state index contributed by atoms with van der Waals surface area (Å²) >= 11 is 0. The fourth-order valence-electron chi connectivity index (χ4n) is 3.12. The standard InChI is InChI=1S/C18H22N4/c1-4-21-7-9-22(10-8-21)18-15(12-19)11-16-13(2)5-6-14(3)17(16)20-18/h5-6,11H,4,7-10H2,1-3H3. The summed E-state index contributed by atoms with van der Waals surface area (Å²) in [6.45, 7) is 11.4. The molecule has 0 aliphatic carbocycles. The van der Waals surface area contributed by atoms with Crippen molar-refractivity contribution in [2.24, 2.45) is 0 Å². The first-order valence-corrected chi connectivity index (χ1v) is 7.92. The van der Waals surface area contributed by atoms with E-state index in [9.17, 15) is 5.26 Å². The maximum atomic E-state index is 9.54. The molecule has 0 bridgehead atoms. The topological polar surface area (TPSA) is 43.2 Å². The second kappa shape index (κ2) is 5.94. The molecule has 2 aromatic rings. The van der Waals surface area contributed by atoms with E-state index in [0.717, 1.165) is 49.4 Å². The first kappa shape index (κ1) is 14.8. The lowest BCUT2D eigenvalue weighted by Crippen LogP contribution is -2.46. The molecule has 114 valence electrons. The number of aromatic nitrogens is 1. The van der Waals surface area contributed by atoms with Crippen LogP contribution in [0.3, 0.4) is 0 Å². The Morgan fingerprint density at radius 3 is 2.45 bits per heavy atom. The van der Waals surface area contributed by atoms with Gasteiger partial charge in [-0.3, -0.25) is 0 Å². The molecule has 0 spiro atoms. The van der Waals surface area contributed by atoms with Crippen LogP contribution in [-0.4, -0.2) is 42.6 Å². The van der Waals surface area contributed by atoms with E-state index in [0.29, 0.717) is 5.56 Å². The van der Waals surface area contributed by atoms with Crippen molar-refractivity contribution < 1.29 is 0 Å². The molecule has 22 heavy (non-hydrogen) atoms. The molecular weight excluding hydrogens is 272 g/mol. The van der Waals surface area contributed by atoms with E-state index in [-0.39, 0.29) is 0 Å². The van der Waals surface area contributed by atoms with Crippen LogP contribution in [0.25, 0.3) is 10.9 Å². The van der Waals surface area contributed by atoms with Crippen LogP contribution in [0.1, 0.15) is 23.6 Å². The van der Waals surface area contributed by atoms with Crippen molar-refractivity contribution in [3.63, 3.8) is 0 Å². The van der Waals surface area contributed by atoms with Crippen LogP contribution in [0.4, 0.5) is 5.82 Å². The fraction of sp³-hybridized carbons (Fsp3) is 0.444. The molecule has 4 heteroatoms. The summed E-state index contributed by atoms with van der Waals surface area (Å²) in [4.78, 5) is 9.55. The third-order valence-corrected chi connectivity index (χ3v) is 4.62. The minimum absolute atomic E-state index is 0.686. The normalized spacial score (nSPS) is 16.0. The van der Waals surface area contributed by atoms with Crippen molar-refractivity contribution >= 4 is 16.7 Å². The van der Waals surface area contributed by atoms with Crippen LogP contribution in [0.15, 0.2) is 18.2 Å². The van der Waals surface area contributed by atoms with Gasteiger partial charge in [-0.15, -0.1) is 0 Å². The lowest BCUT2D eigenvalue weighted by Gasteiger charge is -2.35. The number of benzene rings is 1. The zero-order valence-electron chi connectivity index (χ0n) is 13.6. The lowest BCUT2D eigenvalue weighted by molar-refractivity contribution is 0.270. The molecule has 0 saturated carbocycles. The Kier molecular flexibility index (Phi) is 4.00. The number of rotatable bonds is 2. The van der Waals surface area contributed by atoms with Gasteiger partial charge in [0.1, 0.15) is 11.9 Å². The third kappa shape index (κ3) is 2.53. The van der Waals surface area contributed by atoms with Gasteiger partial charge in [0.15, 0.2) is 0 Å². The minimum atomic E-state index is 0.686. The Bertz CT molecular complexity index is 737. The van der Waals surface area contributed by atoms with Gasteiger partial charge in [-0.05, 0) is 37.6 Å². The van der Waals surface area contributed by atoms with Gasteiger partial charge in [0.05, 0.1) is 11.1 Å². The number of hydrogen-bond donors (Lipinski definition) is 0. The number of nitriles is 1. The highest BCUT2D eigenvalue weighted by atomic mass is 15.3. The summed E-state index contributed by atoms with van der Waals surface area (Å²) in [7, 11) is 0. The summed E-state index contributed by atoms with van der Waals surface area (Å²) in [6, 6.07) is 8.55. The summed E-state index contributed by atoms with van der Waals surface area (Å²) in [5.41, 5.74) is 4.04. The molecule has 0 amide bonds. The summed E-state index contributed by atoms with van der Waals surface area (Å²) in [5, 5.41) is 10.6. The molecule has 1 aromatic heterocycles. The maximum Gasteiger partial charge on any atom is 0.147 e. The van der Waals surface area contributed by atoms with E-state index in [4.69, 9.17) is 4.98 Å². The average molecular weight is 294 g/mol. The number of piperazine rings is 1. The van der Waals surface area contributed by atoms with E-state index in [2.05, 4.69) is 48.8 Å². The van der Waals surface area contributed by atoms with Crippen molar-refractivity contribution in [1.29, 1.82) is 5.26 Å². The first-order chi connectivity index (χ1) is 10.6. The smallest absolute Gasteiger partial charge is 0.147 e. The number of likely N-dealkylation sites (N-methyl/N-ethyl adjacent to an activating group) is 1. The maximum absolute atomic E-state index is 9.54. The molecule has 1 saturated heterocycles. The Morgan fingerprint density at radius 2 is 1.82 bits per heavy atom. The number of pyridine rings is 1. The third-order valence-electron chi connectivity index (χ3n) is 4.62. The SMILES string of the molecule is CCN1CCN(c2nc3c(C)ccc(C)c3cc2C#N)CC1.